The summed E-state index contributed by atoms with van der Waals surface area (Å²) in [5.41, 5.74) is 0. The molecule has 1 aromatic rings. The summed E-state index contributed by atoms with van der Waals surface area (Å²) in [5.74, 6) is 0.924. The van der Waals surface area contributed by atoms with Crippen LogP contribution in [0.2, 0.25) is 0 Å². The Morgan fingerprint density at radius 2 is 2.15 bits per heavy atom. The number of hydrogen-bond donors (Lipinski definition) is 1. The molecule has 2 rings (SSSR count). The van der Waals surface area contributed by atoms with Crippen molar-refractivity contribution in [2.75, 3.05) is 32.2 Å². The highest BCUT2D eigenvalue weighted by Gasteiger charge is 2.13. The van der Waals surface area contributed by atoms with Gasteiger partial charge in [0.25, 0.3) is 0 Å². The monoisotopic (exact) mass is 281 g/mol. The van der Waals surface area contributed by atoms with Crippen LogP contribution in [0.5, 0.6) is 0 Å². The van der Waals surface area contributed by atoms with E-state index in [2.05, 4.69) is 14.9 Å². The maximum absolute atomic E-state index is 5.90. The topological polar surface area (TPSA) is 48.3 Å². The van der Waals surface area contributed by atoms with Gasteiger partial charge in [0.1, 0.15) is 0 Å². The minimum absolute atomic E-state index is 0.479. The zero-order valence-electron chi connectivity index (χ0n) is 12.5. The molecular weight excluding hydrogens is 254 g/mol. The predicted octanol–water partition coefficient (Wildman–Crippen LogP) is 2.68. The van der Waals surface area contributed by atoms with Crippen molar-refractivity contribution in [1.82, 2.24) is 9.55 Å². The fourth-order valence-electron chi connectivity index (χ4n) is 2.66. The minimum atomic E-state index is 0.479. The van der Waals surface area contributed by atoms with Crippen molar-refractivity contribution >= 4 is 5.95 Å². The van der Waals surface area contributed by atoms with E-state index in [9.17, 15) is 0 Å². The summed E-state index contributed by atoms with van der Waals surface area (Å²) < 4.78 is 13.1. The van der Waals surface area contributed by atoms with E-state index >= 15 is 0 Å². The molecule has 0 aliphatic heterocycles. The zero-order valence-corrected chi connectivity index (χ0v) is 12.5. The second-order valence-electron chi connectivity index (χ2n) is 5.35. The smallest absolute Gasteiger partial charge is 0.202 e. The summed E-state index contributed by atoms with van der Waals surface area (Å²) in [5, 5.41) is 3.35. The lowest BCUT2D eigenvalue weighted by Gasteiger charge is -2.22. The van der Waals surface area contributed by atoms with Crippen molar-refractivity contribution in [3.63, 3.8) is 0 Å². The lowest BCUT2D eigenvalue weighted by molar-refractivity contribution is 0.0347. The number of imidazole rings is 1. The molecule has 1 aromatic heterocycles. The van der Waals surface area contributed by atoms with Crippen molar-refractivity contribution in [2.24, 2.45) is 0 Å². The van der Waals surface area contributed by atoms with Crippen molar-refractivity contribution in [3.05, 3.63) is 12.4 Å². The van der Waals surface area contributed by atoms with Gasteiger partial charge in [0.2, 0.25) is 5.95 Å². The summed E-state index contributed by atoms with van der Waals surface area (Å²) in [6.45, 7) is 3.29. The molecule has 20 heavy (non-hydrogen) atoms. The number of aryl methyl sites for hydroxylation is 1. The molecule has 0 bridgehead atoms. The quantitative estimate of drug-likeness (QED) is 0.707. The first-order valence-electron chi connectivity index (χ1n) is 7.75. The molecule has 0 unspecified atom stereocenters. The van der Waals surface area contributed by atoms with Gasteiger partial charge < -0.3 is 19.4 Å². The SMILES string of the molecule is COCCCn1ccnc1NCCOC1CCCCC1. The molecule has 1 aliphatic carbocycles. The van der Waals surface area contributed by atoms with Gasteiger partial charge in [0, 0.05) is 39.2 Å². The van der Waals surface area contributed by atoms with Gasteiger partial charge in [0.05, 0.1) is 12.7 Å². The van der Waals surface area contributed by atoms with Gasteiger partial charge in [-0.15, -0.1) is 0 Å². The molecule has 1 N–H and O–H groups in total. The average molecular weight is 281 g/mol. The highest BCUT2D eigenvalue weighted by Crippen LogP contribution is 2.20. The fourth-order valence-corrected chi connectivity index (χ4v) is 2.66. The average Bonchev–Trinajstić information content (AvgIpc) is 2.93. The van der Waals surface area contributed by atoms with Crippen LogP contribution in [0.25, 0.3) is 0 Å². The molecule has 5 nitrogen and oxygen atoms in total. The Kier molecular flexibility index (Phi) is 6.88. The molecule has 1 heterocycles. The van der Waals surface area contributed by atoms with Crippen LogP contribution >= 0.6 is 0 Å². The molecular formula is C15H27N3O2. The molecule has 0 spiro atoms. The van der Waals surface area contributed by atoms with Crippen molar-refractivity contribution in [3.8, 4) is 0 Å². The molecule has 0 atom stereocenters. The normalized spacial score (nSPS) is 16.4. The third-order valence-electron chi connectivity index (χ3n) is 3.75. The zero-order chi connectivity index (χ0) is 14.0. The van der Waals surface area contributed by atoms with Gasteiger partial charge in [0.15, 0.2) is 0 Å². The number of ether oxygens (including phenoxy) is 2. The Morgan fingerprint density at radius 1 is 1.30 bits per heavy atom. The van der Waals surface area contributed by atoms with E-state index < -0.39 is 0 Å². The summed E-state index contributed by atoms with van der Waals surface area (Å²) in [7, 11) is 1.73. The molecule has 0 saturated heterocycles. The molecule has 0 aromatic carbocycles. The van der Waals surface area contributed by atoms with Gasteiger partial charge in [-0.2, -0.15) is 0 Å². The van der Waals surface area contributed by atoms with Crippen LogP contribution in [0.1, 0.15) is 38.5 Å². The number of anilines is 1. The molecule has 0 radical (unpaired) electrons. The van der Waals surface area contributed by atoms with Crippen molar-refractivity contribution < 1.29 is 9.47 Å². The van der Waals surface area contributed by atoms with E-state index in [1.165, 1.54) is 32.1 Å². The molecule has 1 saturated carbocycles. The Bertz CT molecular complexity index is 362. The lowest BCUT2D eigenvalue weighted by atomic mass is 9.98. The van der Waals surface area contributed by atoms with E-state index in [-0.39, 0.29) is 0 Å². The maximum Gasteiger partial charge on any atom is 0.202 e. The van der Waals surface area contributed by atoms with E-state index in [1.807, 2.05) is 12.4 Å². The number of hydrogen-bond acceptors (Lipinski definition) is 4. The van der Waals surface area contributed by atoms with E-state index in [4.69, 9.17) is 9.47 Å². The van der Waals surface area contributed by atoms with Gasteiger partial charge in [-0.1, -0.05) is 19.3 Å². The molecule has 0 amide bonds. The van der Waals surface area contributed by atoms with Gasteiger partial charge in [-0.25, -0.2) is 4.98 Å². The summed E-state index contributed by atoms with van der Waals surface area (Å²) in [6, 6.07) is 0. The summed E-state index contributed by atoms with van der Waals surface area (Å²) in [4.78, 5) is 4.33. The van der Waals surface area contributed by atoms with E-state index in [1.54, 1.807) is 7.11 Å². The summed E-state index contributed by atoms with van der Waals surface area (Å²) >= 11 is 0. The predicted molar refractivity (Wildman–Crippen MR) is 80.0 cm³/mol. The standard InChI is InChI=1S/C15H27N3O2/c1-19-12-5-10-18-11-8-16-15(18)17-9-13-20-14-6-3-2-4-7-14/h8,11,14H,2-7,9-10,12-13H2,1H3,(H,16,17). The van der Waals surface area contributed by atoms with Crippen LogP contribution < -0.4 is 5.32 Å². The second kappa shape index (κ2) is 8.97. The Balaban J connectivity index is 1.62. The van der Waals surface area contributed by atoms with Crippen LogP contribution in [0.3, 0.4) is 0 Å². The lowest BCUT2D eigenvalue weighted by Crippen LogP contribution is -2.21. The van der Waals surface area contributed by atoms with Crippen molar-refractivity contribution in [2.45, 2.75) is 51.2 Å². The number of aromatic nitrogens is 2. The molecule has 114 valence electrons. The van der Waals surface area contributed by atoms with Crippen molar-refractivity contribution in [1.29, 1.82) is 0 Å². The first-order chi connectivity index (χ1) is 9.90. The molecule has 1 aliphatic rings. The highest BCUT2D eigenvalue weighted by atomic mass is 16.5. The number of methoxy groups -OCH3 is 1. The van der Waals surface area contributed by atoms with E-state index in [0.717, 1.165) is 38.7 Å². The first kappa shape index (κ1) is 15.3. The summed E-state index contributed by atoms with van der Waals surface area (Å²) in [6.07, 6.45) is 11.8. The highest BCUT2D eigenvalue weighted by molar-refractivity contribution is 5.25. The van der Waals surface area contributed by atoms with Gasteiger partial charge in [-0.3, -0.25) is 0 Å². The van der Waals surface area contributed by atoms with Gasteiger partial charge >= 0.3 is 0 Å². The van der Waals surface area contributed by atoms with Crippen LogP contribution in [0.4, 0.5) is 5.95 Å². The largest absolute Gasteiger partial charge is 0.385 e. The van der Waals surface area contributed by atoms with E-state index in [0.29, 0.717) is 6.10 Å². The van der Waals surface area contributed by atoms with Gasteiger partial charge in [-0.05, 0) is 19.3 Å². The fraction of sp³-hybridized carbons (Fsp3) is 0.800. The number of nitrogens with zero attached hydrogens (tertiary/aromatic N) is 2. The second-order valence-corrected chi connectivity index (χ2v) is 5.35. The number of rotatable bonds is 9. The minimum Gasteiger partial charge on any atom is -0.385 e. The van der Waals surface area contributed by atoms with Crippen LogP contribution in [-0.2, 0) is 16.0 Å². The maximum atomic E-state index is 5.90. The van der Waals surface area contributed by atoms with Crippen LogP contribution in [0.15, 0.2) is 12.4 Å². The Hall–Kier alpha value is -1.07. The third kappa shape index (κ3) is 5.13. The first-order valence-corrected chi connectivity index (χ1v) is 7.75. The molecule has 1 fully saturated rings. The Morgan fingerprint density at radius 3 is 2.95 bits per heavy atom. The Labute approximate surface area is 121 Å². The third-order valence-corrected chi connectivity index (χ3v) is 3.75. The molecule has 5 heteroatoms. The van der Waals surface area contributed by atoms with Crippen LogP contribution in [-0.4, -0.2) is 42.5 Å². The number of nitrogens with one attached hydrogen (secondary N) is 1. The van der Waals surface area contributed by atoms with Crippen LogP contribution in [0, 0.1) is 0 Å².